The van der Waals surface area contributed by atoms with Gasteiger partial charge in [-0.05, 0) is 75.2 Å². The summed E-state index contributed by atoms with van der Waals surface area (Å²) < 4.78 is 9.44. The van der Waals surface area contributed by atoms with Gasteiger partial charge in [0.2, 0.25) is 0 Å². The van der Waals surface area contributed by atoms with E-state index in [4.69, 9.17) is 9.47 Å². The molecule has 0 N–H and O–H groups in total. The van der Waals surface area contributed by atoms with Crippen LogP contribution in [0.4, 0.5) is 0 Å². The number of fused-ring (bicyclic) bond motifs is 2. The molecule has 0 aromatic heterocycles. The Balaban J connectivity index is 1.54. The van der Waals surface area contributed by atoms with E-state index >= 15 is 0 Å². The second-order valence-electron chi connectivity index (χ2n) is 8.29. The highest BCUT2D eigenvalue weighted by atomic mass is 16.5. The Morgan fingerprint density at radius 3 is 1.43 bits per heavy atom. The lowest BCUT2D eigenvalue weighted by atomic mass is 9.94. The largest absolute Gasteiger partial charge is 0.466 e. The molecule has 4 heteroatoms. The predicted molar refractivity (Wildman–Crippen MR) is 142 cm³/mol. The van der Waals surface area contributed by atoms with Crippen LogP contribution in [-0.2, 0) is 31.9 Å². The van der Waals surface area contributed by atoms with Crippen molar-refractivity contribution in [2.24, 2.45) is 0 Å². The molecule has 35 heavy (non-hydrogen) atoms. The van der Waals surface area contributed by atoms with Crippen LogP contribution in [0.15, 0.2) is 84.9 Å². The summed E-state index contributed by atoms with van der Waals surface area (Å²) in [7, 11) is 2.76. The van der Waals surface area contributed by atoms with Crippen LogP contribution in [0.1, 0.15) is 28.7 Å². The third kappa shape index (κ3) is 5.67. The minimum atomic E-state index is -0.364. The molecule has 0 aliphatic heterocycles. The van der Waals surface area contributed by atoms with Gasteiger partial charge in [0.15, 0.2) is 0 Å². The van der Waals surface area contributed by atoms with Crippen LogP contribution in [0.25, 0.3) is 33.7 Å². The first-order chi connectivity index (χ1) is 17.1. The van der Waals surface area contributed by atoms with Gasteiger partial charge >= 0.3 is 11.9 Å². The van der Waals surface area contributed by atoms with E-state index in [1.807, 2.05) is 24.3 Å². The summed E-state index contributed by atoms with van der Waals surface area (Å²) in [5.41, 5.74) is 4.57. The molecule has 0 aliphatic rings. The van der Waals surface area contributed by atoms with Crippen LogP contribution in [0.5, 0.6) is 0 Å². The lowest BCUT2D eigenvalue weighted by Gasteiger charge is -2.11. The number of aryl methyl sites for hydroxylation is 2. The molecule has 0 heterocycles. The molecule has 0 amide bonds. The molecule has 4 rings (SSSR count). The normalized spacial score (nSPS) is 11.5. The van der Waals surface area contributed by atoms with Crippen LogP contribution < -0.4 is 0 Å². The van der Waals surface area contributed by atoms with Crippen molar-refractivity contribution >= 4 is 45.6 Å². The number of methoxy groups -OCH3 is 2. The van der Waals surface area contributed by atoms with Crippen molar-refractivity contribution in [2.75, 3.05) is 14.2 Å². The number of esters is 2. The maximum Gasteiger partial charge on any atom is 0.330 e. The lowest BCUT2D eigenvalue weighted by molar-refractivity contribution is -0.135. The molecular formula is C31H28O4. The quantitative estimate of drug-likeness (QED) is 0.219. The summed E-state index contributed by atoms with van der Waals surface area (Å²) in [5, 5.41) is 4.65. The number of carbonyl (C=O) groups is 2. The Morgan fingerprint density at radius 2 is 1.00 bits per heavy atom. The zero-order valence-electron chi connectivity index (χ0n) is 20.0. The molecule has 4 nitrogen and oxygen atoms in total. The van der Waals surface area contributed by atoms with Crippen molar-refractivity contribution in [3.63, 3.8) is 0 Å². The molecule has 176 valence electrons. The molecule has 4 aromatic rings. The first-order valence-electron chi connectivity index (χ1n) is 11.6. The Morgan fingerprint density at radius 1 is 0.600 bits per heavy atom. The summed E-state index contributed by atoms with van der Waals surface area (Å²) in [4.78, 5) is 23.1. The minimum absolute atomic E-state index is 0.364. The molecule has 0 fully saturated rings. The van der Waals surface area contributed by atoms with E-state index in [0.717, 1.165) is 41.2 Å². The highest BCUT2D eigenvalue weighted by molar-refractivity contribution is 5.97. The molecule has 0 saturated carbocycles. The summed E-state index contributed by atoms with van der Waals surface area (Å²) >= 11 is 0. The van der Waals surface area contributed by atoms with Crippen molar-refractivity contribution in [2.45, 2.75) is 19.3 Å². The number of benzene rings is 4. The first-order valence-corrected chi connectivity index (χ1v) is 11.6. The number of rotatable bonds is 8. The van der Waals surface area contributed by atoms with Gasteiger partial charge in [-0.25, -0.2) is 9.59 Å². The van der Waals surface area contributed by atoms with Gasteiger partial charge in [-0.2, -0.15) is 0 Å². The van der Waals surface area contributed by atoms with Crippen LogP contribution in [0, 0.1) is 0 Å². The van der Waals surface area contributed by atoms with Gasteiger partial charge in [0, 0.05) is 12.2 Å². The maximum absolute atomic E-state index is 11.5. The number of hydrogen-bond acceptors (Lipinski definition) is 4. The monoisotopic (exact) mass is 464 g/mol. The topological polar surface area (TPSA) is 52.6 Å². The van der Waals surface area contributed by atoms with Crippen LogP contribution >= 0.6 is 0 Å². The molecule has 0 aliphatic carbocycles. The smallest absolute Gasteiger partial charge is 0.330 e. The highest BCUT2D eigenvalue weighted by Gasteiger charge is 2.07. The first kappa shape index (κ1) is 24.0. The fourth-order valence-electron chi connectivity index (χ4n) is 4.45. The SMILES string of the molecule is COC(=O)/C=C/c1cccc2c(CCCc3cccc4c(/C=C/C(=O)OC)cccc34)cccc12. The van der Waals surface area contributed by atoms with Crippen molar-refractivity contribution < 1.29 is 19.1 Å². The average molecular weight is 465 g/mol. The standard InChI is InChI=1S/C31H28O4/c1-34-30(32)20-18-24-12-6-14-26-22(10-4-16-28(24)26)8-3-9-23-11-5-17-29-25(13-7-15-27(23)29)19-21-31(33)35-2/h4-7,10-21H,3,8-9H2,1-2H3/b20-18+,21-19+. The Labute approximate surface area is 205 Å². The zero-order valence-corrected chi connectivity index (χ0v) is 20.0. The Bertz CT molecular complexity index is 1320. The van der Waals surface area contributed by atoms with Gasteiger partial charge in [-0.3, -0.25) is 0 Å². The molecule has 0 radical (unpaired) electrons. The molecule has 0 atom stereocenters. The average Bonchev–Trinajstić information content (AvgIpc) is 2.90. The lowest BCUT2D eigenvalue weighted by Crippen LogP contribution is -1.95. The van der Waals surface area contributed by atoms with E-state index in [-0.39, 0.29) is 11.9 Å². The second kappa shape index (κ2) is 11.3. The predicted octanol–water partition coefficient (Wildman–Crippen LogP) is 6.54. The molecule has 0 bridgehead atoms. The van der Waals surface area contributed by atoms with Crippen molar-refractivity contribution in [3.8, 4) is 0 Å². The van der Waals surface area contributed by atoms with Crippen LogP contribution in [0.2, 0.25) is 0 Å². The highest BCUT2D eigenvalue weighted by Crippen LogP contribution is 2.27. The van der Waals surface area contributed by atoms with Crippen molar-refractivity contribution in [1.82, 2.24) is 0 Å². The van der Waals surface area contributed by atoms with Crippen molar-refractivity contribution in [3.05, 3.63) is 107 Å². The number of ether oxygens (including phenoxy) is 2. The molecular weight excluding hydrogens is 436 g/mol. The third-order valence-electron chi connectivity index (χ3n) is 6.18. The molecule has 0 unspecified atom stereocenters. The minimum Gasteiger partial charge on any atom is -0.466 e. The number of hydrogen-bond donors (Lipinski definition) is 0. The summed E-state index contributed by atoms with van der Waals surface area (Å²) in [6, 6.07) is 25.0. The van der Waals surface area contributed by atoms with Crippen LogP contribution in [-0.4, -0.2) is 26.2 Å². The van der Waals surface area contributed by atoms with E-state index in [1.165, 1.54) is 48.3 Å². The fraction of sp³-hybridized carbons (Fsp3) is 0.161. The summed E-state index contributed by atoms with van der Waals surface area (Å²) in [6.07, 6.45) is 9.41. The van der Waals surface area contributed by atoms with Crippen LogP contribution in [0.3, 0.4) is 0 Å². The summed E-state index contributed by atoms with van der Waals surface area (Å²) in [6.45, 7) is 0. The molecule has 4 aromatic carbocycles. The van der Waals surface area contributed by atoms with Gasteiger partial charge < -0.3 is 9.47 Å². The second-order valence-corrected chi connectivity index (χ2v) is 8.29. The van der Waals surface area contributed by atoms with Gasteiger partial charge in [0.1, 0.15) is 0 Å². The Hall–Kier alpha value is -4.18. The van der Waals surface area contributed by atoms with E-state index in [1.54, 1.807) is 12.2 Å². The third-order valence-corrected chi connectivity index (χ3v) is 6.18. The van der Waals surface area contributed by atoms with Gasteiger partial charge in [-0.15, -0.1) is 0 Å². The summed E-state index contributed by atoms with van der Waals surface area (Å²) in [5.74, 6) is -0.727. The molecule has 0 spiro atoms. The van der Waals surface area contributed by atoms with Gasteiger partial charge in [0.25, 0.3) is 0 Å². The van der Waals surface area contributed by atoms with Gasteiger partial charge in [-0.1, -0.05) is 72.8 Å². The van der Waals surface area contributed by atoms with E-state index in [0.29, 0.717) is 0 Å². The zero-order chi connectivity index (χ0) is 24.6. The van der Waals surface area contributed by atoms with E-state index in [9.17, 15) is 9.59 Å². The van der Waals surface area contributed by atoms with E-state index < -0.39 is 0 Å². The van der Waals surface area contributed by atoms with Crippen molar-refractivity contribution in [1.29, 1.82) is 0 Å². The number of carbonyl (C=O) groups excluding carboxylic acids is 2. The fourth-order valence-corrected chi connectivity index (χ4v) is 4.45. The maximum atomic E-state index is 11.5. The Kier molecular flexibility index (Phi) is 7.74. The van der Waals surface area contributed by atoms with E-state index in [2.05, 4.69) is 48.5 Å². The molecule has 0 saturated heterocycles. The van der Waals surface area contributed by atoms with Gasteiger partial charge in [0.05, 0.1) is 14.2 Å².